The fourth-order valence-electron chi connectivity index (χ4n) is 1.98. The number of nitrogens with zero attached hydrogens (tertiary/aromatic N) is 2. The van der Waals surface area contributed by atoms with Crippen LogP contribution in [0.3, 0.4) is 0 Å². The second-order valence-corrected chi connectivity index (χ2v) is 6.77. The van der Waals surface area contributed by atoms with Crippen LogP contribution in [0, 0.1) is 13.8 Å². The number of nitrogens with one attached hydrogen (secondary N) is 1. The first-order valence-corrected chi connectivity index (χ1v) is 7.41. The van der Waals surface area contributed by atoms with E-state index in [0.717, 1.165) is 11.3 Å². The van der Waals surface area contributed by atoms with Crippen molar-refractivity contribution in [3.05, 3.63) is 16.4 Å². The number of aromatic nitrogens is 2. The van der Waals surface area contributed by atoms with Crippen molar-refractivity contribution in [3.8, 4) is 0 Å². The summed E-state index contributed by atoms with van der Waals surface area (Å²) in [5.74, 6) is -0.585. The zero-order chi connectivity index (χ0) is 16.7. The molecule has 7 nitrogen and oxygen atoms in total. The number of thiophene rings is 1. The van der Waals surface area contributed by atoms with Gasteiger partial charge < -0.3 is 9.84 Å². The monoisotopic (exact) mass is 323 g/mol. The van der Waals surface area contributed by atoms with Crippen LogP contribution < -0.4 is 5.32 Å². The van der Waals surface area contributed by atoms with Crippen molar-refractivity contribution in [3.63, 3.8) is 0 Å². The summed E-state index contributed by atoms with van der Waals surface area (Å²) in [7, 11) is 0. The molecule has 0 atom stereocenters. The third kappa shape index (κ3) is 3.33. The summed E-state index contributed by atoms with van der Waals surface area (Å²) in [6.07, 6.45) is -0.713. The second-order valence-electron chi connectivity index (χ2n) is 5.77. The van der Waals surface area contributed by atoms with Crippen molar-refractivity contribution in [1.82, 2.24) is 9.97 Å². The maximum atomic E-state index is 12.0. The predicted molar refractivity (Wildman–Crippen MR) is 83.7 cm³/mol. The molecule has 2 aromatic heterocycles. The van der Waals surface area contributed by atoms with E-state index in [1.54, 1.807) is 34.6 Å². The predicted octanol–water partition coefficient (Wildman–Crippen LogP) is 3.35. The van der Waals surface area contributed by atoms with Crippen LogP contribution in [0.1, 0.15) is 42.0 Å². The lowest BCUT2D eigenvalue weighted by molar-refractivity contribution is 0.0636. The van der Waals surface area contributed by atoms with Crippen LogP contribution in [-0.4, -0.2) is 32.7 Å². The van der Waals surface area contributed by atoms with Crippen LogP contribution in [0.2, 0.25) is 0 Å². The van der Waals surface area contributed by atoms with E-state index in [2.05, 4.69) is 15.3 Å². The molecule has 0 aliphatic rings. The second kappa shape index (κ2) is 5.53. The lowest BCUT2D eigenvalue weighted by Gasteiger charge is -2.19. The van der Waals surface area contributed by atoms with E-state index >= 15 is 0 Å². The van der Waals surface area contributed by atoms with Gasteiger partial charge in [-0.05, 0) is 34.6 Å². The van der Waals surface area contributed by atoms with Crippen LogP contribution in [0.25, 0.3) is 10.2 Å². The molecule has 22 heavy (non-hydrogen) atoms. The van der Waals surface area contributed by atoms with Gasteiger partial charge in [0.15, 0.2) is 0 Å². The van der Waals surface area contributed by atoms with Crippen molar-refractivity contribution in [1.29, 1.82) is 0 Å². The molecule has 0 aliphatic carbocycles. The van der Waals surface area contributed by atoms with Crippen LogP contribution in [0.15, 0.2) is 0 Å². The molecule has 1 amide bonds. The SMILES string of the molecule is Cc1nc(C)c2c(NC(=O)OC(C)(C)C)c(C(=O)O)sc2n1. The summed E-state index contributed by atoms with van der Waals surface area (Å²) in [5.41, 5.74) is 0.109. The molecule has 0 aromatic carbocycles. The summed E-state index contributed by atoms with van der Waals surface area (Å²) in [6.45, 7) is 8.67. The zero-order valence-corrected chi connectivity index (χ0v) is 13.8. The average Bonchev–Trinajstić information content (AvgIpc) is 2.65. The fourth-order valence-corrected chi connectivity index (χ4v) is 3.05. The van der Waals surface area contributed by atoms with E-state index in [1.807, 2.05) is 0 Å². The smallest absolute Gasteiger partial charge is 0.412 e. The van der Waals surface area contributed by atoms with Crippen molar-refractivity contribution < 1.29 is 19.4 Å². The molecule has 0 bridgehead atoms. The molecule has 118 valence electrons. The van der Waals surface area contributed by atoms with Gasteiger partial charge in [0.05, 0.1) is 16.8 Å². The Morgan fingerprint density at radius 1 is 1.23 bits per heavy atom. The highest BCUT2D eigenvalue weighted by Gasteiger charge is 2.24. The number of aromatic carboxylic acids is 1. The molecule has 2 N–H and O–H groups in total. The number of carboxylic acids is 1. The Balaban J connectivity index is 2.53. The van der Waals surface area contributed by atoms with Gasteiger partial charge in [0, 0.05) is 0 Å². The highest BCUT2D eigenvalue weighted by molar-refractivity contribution is 7.21. The standard InChI is InChI=1S/C14H17N3O4S/c1-6-8-9(17-13(20)21-14(3,4)5)10(12(18)19)22-11(8)16-7(2)15-6/h1-5H3,(H,17,20)(H,18,19). The number of carboxylic acid groups (broad SMARTS) is 1. The number of hydrogen-bond acceptors (Lipinski definition) is 6. The maximum Gasteiger partial charge on any atom is 0.412 e. The van der Waals surface area contributed by atoms with Crippen molar-refractivity contribution in [2.45, 2.75) is 40.2 Å². The molecule has 2 aromatic rings. The lowest BCUT2D eigenvalue weighted by atomic mass is 10.2. The molecule has 0 spiro atoms. The number of carbonyl (C=O) groups excluding carboxylic acids is 1. The maximum absolute atomic E-state index is 12.0. The van der Waals surface area contributed by atoms with E-state index in [-0.39, 0.29) is 10.6 Å². The number of rotatable bonds is 2. The molecule has 2 heterocycles. The van der Waals surface area contributed by atoms with Crippen LogP contribution >= 0.6 is 11.3 Å². The Morgan fingerprint density at radius 2 is 1.86 bits per heavy atom. The molecule has 2 rings (SSSR count). The summed E-state index contributed by atoms with van der Waals surface area (Å²) in [5, 5.41) is 12.4. The molecular formula is C14H17N3O4S. The number of hydrogen-bond donors (Lipinski definition) is 2. The Bertz CT molecular complexity index is 762. The first-order chi connectivity index (χ1) is 10.1. The van der Waals surface area contributed by atoms with Crippen molar-refractivity contribution in [2.24, 2.45) is 0 Å². The number of fused-ring (bicyclic) bond motifs is 1. The Hall–Kier alpha value is -2.22. The van der Waals surface area contributed by atoms with Gasteiger partial charge in [-0.2, -0.15) is 0 Å². The van der Waals surface area contributed by atoms with Gasteiger partial charge in [-0.15, -0.1) is 11.3 Å². The zero-order valence-electron chi connectivity index (χ0n) is 13.0. The Kier molecular flexibility index (Phi) is 4.06. The van der Waals surface area contributed by atoms with Crippen LogP contribution in [0.5, 0.6) is 0 Å². The number of anilines is 1. The van der Waals surface area contributed by atoms with Gasteiger partial charge in [-0.25, -0.2) is 19.6 Å². The van der Waals surface area contributed by atoms with Gasteiger partial charge in [0.2, 0.25) is 0 Å². The number of aryl methyl sites for hydroxylation is 2. The third-order valence-electron chi connectivity index (χ3n) is 2.66. The number of carbonyl (C=O) groups is 2. The van der Waals surface area contributed by atoms with E-state index in [9.17, 15) is 14.7 Å². The third-order valence-corrected chi connectivity index (χ3v) is 3.74. The number of ether oxygens (including phenoxy) is 1. The first-order valence-electron chi connectivity index (χ1n) is 6.59. The quantitative estimate of drug-likeness (QED) is 0.878. The highest BCUT2D eigenvalue weighted by Crippen LogP contribution is 2.36. The van der Waals surface area contributed by atoms with Crippen molar-refractivity contribution >= 4 is 39.3 Å². The minimum Gasteiger partial charge on any atom is -0.477 e. The van der Waals surface area contributed by atoms with Gasteiger partial charge in [-0.1, -0.05) is 0 Å². The average molecular weight is 323 g/mol. The topological polar surface area (TPSA) is 101 Å². The Labute approximate surface area is 131 Å². The summed E-state index contributed by atoms with van der Waals surface area (Å²) < 4.78 is 5.18. The van der Waals surface area contributed by atoms with Gasteiger partial charge in [0.25, 0.3) is 0 Å². The van der Waals surface area contributed by atoms with Crippen LogP contribution in [0.4, 0.5) is 10.5 Å². The molecule has 8 heteroatoms. The largest absolute Gasteiger partial charge is 0.477 e. The van der Waals surface area contributed by atoms with E-state index in [1.165, 1.54) is 0 Å². The molecule has 0 saturated heterocycles. The fraction of sp³-hybridized carbons (Fsp3) is 0.429. The van der Waals surface area contributed by atoms with Gasteiger partial charge in [-0.3, -0.25) is 5.32 Å². The lowest BCUT2D eigenvalue weighted by Crippen LogP contribution is -2.27. The minimum absolute atomic E-state index is 0.00357. The minimum atomic E-state index is -1.13. The Morgan fingerprint density at radius 3 is 2.41 bits per heavy atom. The van der Waals surface area contributed by atoms with Crippen LogP contribution in [-0.2, 0) is 4.74 Å². The normalized spacial score (nSPS) is 11.5. The van der Waals surface area contributed by atoms with Crippen molar-refractivity contribution in [2.75, 3.05) is 5.32 Å². The highest BCUT2D eigenvalue weighted by atomic mass is 32.1. The van der Waals surface area contributed by atoms with Gasteiger partial charge in [0.1, 0.15) is 21.1 Å². The first kappa shape index (κ1) is 16.2. The molecule has 0 aliphatic heterocycles. The summed E-state index contributed by atoms with van der Waals surface area (Å²) in [4.78, 5) is 32.4. The summed E-state index contributed by atoms with van der Waals surface area (Å²) >= 11 is 0.999. The molecule has 0 fully saturated rings. The van der Waals surface area contributed by atoms with Gasteiger partial charge >= 0.3 is 12.1 Å². The number of amides is 1. The molecule has 0 saturated carbocycles. The van der Waals surface area contributed by atoms with E-state index in [4.69, 9.17) is 4.74 Å². The van der Waals surface area contributed by atoms with E-state index < -0.39 is 17.7 Å². The molecule has 0 radical (unpaired) electrons. The van der Waals surface area contributed by atoms with E-state index in [0.29, 0.717) is 21.7 Å². The summed E-state index contributed by atoms with van der Waals surface area (Å²) in [6, 6.07) is 0. The molecular weight excluding hydrogens is 306 g/mol. The molecule has 0 unspecified atom stereocenters.